The third-order valence-corrected chi connectivity index (χ3v) is 3.85. The minimum atomic E-state index is -0.152. The number of imidazole rings is 1. The average molecular weight is 232 g/mol. The van der Waals surface area contributed by atoms with E-state index in [0.29, 0.717) is 25.5 Å². The van der Waals surface area contributed by atoms with Gasteiger partial charge >= 0.3 is 0 Å². The number of hydrogen-bond donors (Lipinski definition) is 1. The Morgan fingerprint density at radius 3 is 2.88 bits per heavy atom. The van der Waals surface area contributed by atoms with E-state index in [-0.39, 0.29) is 5.41 Å². The largest absolute Gasteiger partial charge is 0.379 e. The second kappa shape index (κ2) is 3.83. The summed E-state index contributed by atoms with van der Waals surface area (Å²) in [6.07, 6.45) is 3.26. The molecular weight excluding hydrogens is 216 g/mol. The molecule has 0 atom stereocenters. The van der Waals surface area contributed by atoms with E-state index >= 15 is 0 Å². The molecule has 90 valence electrons. The maximum atomic E-state index is 9.15. The van der Waals surface area contributed by atoms with Crippen molar-refractivity contribution in [2.24, 2.45) is 5.73 Å². The number of rotatable bonds is 2. The van der Waals surface area contributed by atoms with Crippen molar-refractivity contribution in [3.05, 3.63) is 17.2 Å². The molecule has 1 aromatic heterocycles. The van der Waals surface area contributed by atoms with Crippen LogP contribution in [0.1, 0.15) is 30.1 Å². The van der Waals surface area contributed by atoms with Crippen molar-refractivity contribution in [2.45, 2.75) is 31.2 Å². The first-order valence-electron chi connectivity index (χ1n) is 6.08. The Kier molecular flexibility index (Phi) is 2.42. The topological polar surface area (TPSA) is 76.9 Å². The summed E-state index contributed by atoms with van der Waals surface area (Å²) < 4.78 is 7.51. The van der Waals surface area contributed by atoms with Gasteiger partial charge in [0, 0.05) is 13.1 Å². The van der Waals surface area contributed by atoms with Gasteiger partial charge in [-0.3, -0.25) is 0 Å². The lowest BCUT2D eigenvalue weighted by molar-refractivity contribution is -0.0611. The second-order valence-corrected chi connectivity index (χ2v) is 4.93. The summed E-state index contributed by atoms with van der Waals surface area (Å²) >= 11 is 0. The summed E-state index contributed by atoms with van der Waals surface area (Å²) in [6, 6.07) is 2.21. The molecule has 1 aromatic rings. The van der Waals surface area contributed by atoms with Crippen LogP contribution in [0.2, 0.25) is 0 Å². The molecule has 0 aromatic carbocycles. The summed E-state index contributed by atoms with van der Waals surface area (Å²) in [5.74, 6) is 0.970. The molecule has 3 heterocycles. The molecule has 2 aliphatic heterocycles. The molecule has 5 heteroatoms. The first kappa shape index (κ1) is 10.8. The smallest absolute Gasteiger partial charge is 0.162 e. The molecule has 0 radical (unpaired) electrons. The maximum absolute atomic E-state index is 9.15. The fraction of sp³-hybridized carbons (Fsp3) is 0.667. The lowest BCUT2D eigenvalue weighted by Gasteiger charge is -2.40. The van der Waals surface area contributed by atoms with Gasteiger partial charge < -0.3 is 15.0 Å². The first-order chi connectivity index (χ1) is 8.30. The predicted octanol–water partition coefficient (Wildman–Crippen LogP) is 0.318. The molecule has 2 N–H and O–H groups in total. The van der Waals surface area contributed by atoms with Crippen LogP contribution in [0.4, 0.5) is 0 Å². The number of nitrogens with two attached hydrogens (primary N) is 1. The van der Waals surface area contributed by atoms with Gasteiger partial charge in [0.15, 0.2) is 5.69 Å². The van der Waals surface area contributed by atoms with Crippen molar-refractivity contribution in [3.63, 3.8) is 0 Å². The highest BCUT2D eigenvalue weighted by Gasteiger charge is 2.44. The van der Waals surface area contributed by atoms with Crippen LogP contribution in [0.15, 0.2) is 0 Å². The summed E-state index contributed by atoms with van der Waals surface area (Å²) in [4.78, 5) is 4.52. The van der Waals surface area contributed by atoms with Crippen molar-refractivity contribution >= 4 is 0 Å². The molecule has 3 rings (SSSR count). The minimum Gasteiger partial charge on any atom is -0.379 e. The fourth-order valence-corrected chi connectivity index (χ4v) is 2.72. The Labute approximate surface area is 100 Å². The van der Waals surface area contributed by atoms with Gasteiger partial charge in [-0.25, -0.2) is 4.98 Å². The Morgan fingerprint density at radius 1 is 1.47 bits per heavy atom. The van der Waals surface area contributed by atoms with Crippen LogP contribution in [0.5, 0.6) is 0 Å². The molecule has 0 bridgehead atoms. The predicted molar refractivity (Wildman–Crippen MR) is 61.4 cm³/mol. The highest BCUT2D eigenvalue weighted by Crippen LogP contribution is 2.33. The first-order valence-corrected chi connectivity index (χ1v) is 6.08. The number of ether oxygens (including phenoxy) is 1. The number of nitriles is 1. The Balaban J connectivity index is 2.11. The van der Waals surface area contributed by atoms with Gasteiger partial charge in [0.25, 0.3) is 0 Å². The lowest BCUT2D eigenvalue weighted by atomic mass is 9.85. The number of fused-ring (bicyclic) bond motifs is 1. The molecule has 1 saturated heterocycles. The maximum Gasteiger partial charge on any atom is 0.162 e. The van der Waals surface area contributed by atoms with Crippen LogP contribution in [0, 0.1) is 11.3 Å². The van der Waals surface area contributed by atoms with Gasteiger partial charge in [0.1, 0.15) is 11.9 Å². The van der Waals surface area contributed by atoms with E-state index in [9.17, 15) is 0 Å². The molecule has 0 aliphatic carbocycles. The second-order valence-electron chi connectivity index (χ2n) is 4.93. The van der Waals surface area contributed by atoms with E-state index < -0.39 is 0 Å². The van der Waals surface area contributed by atoms with E-state index in [0.717, 1.165) is 37.3 Å². The van der Waals surface area contributed by atoms with Crippen molar-refractivity contribution in [1.82, 2.24) is 9.55 Å². The van der Waals surface area contributed by atoms with Gasteiger partial charge in [-0.05, 0) is 19.3 Å². The van der Waals surface area contributed by atoms with E-state index in [1.807, 2.05) is 0 Å². The standard InChI is InChI=1S/C12H16N4O/c13-5-9-10-3-1-2-4-16(10)11(15-9)12(6-14)7-17-8-12/h1-4,6-8,14H2. The van der Waals surface area contributed by atoms with Crippen LogP contribution < -0.4 is 5.73 Å². The normalized spacial score (nSPS) is 21.4. The Morgan fingerprint density at radius 2 is 2.29 bits per heavy atom. The summed E-state index contributed by atoms with van der Waals surface area (Å²) in [6.45, 7) is 2.76. The van der Waals surface area contributed by atoms with Crippen molar-refractivity contribution in [1.29, 1.82) is 5.26 Å². The molecule has 17 heavy (non-hydrogen) atoms. The average Bonchev–Trinajstić information content (AvgIpc) is 2.68. The monoisotopic (exact) mass is 232 g/mol. The van der Waals surface area contributed by atoms with Crippen molar-refractivity contribution in [3.8, 4) is 6.07 Å². The Bertz CT molecular complexity index is 476. The summed E-state index contributed by atoms with van der Waals surface area (Å²) in [5, 5.41) is 9.15. The quantitative estimate of drug-likeness (QED) is 0.796. The zero-order chi connectivity index (χ0) is 11.9. The van der Waals surface area contributed by atoms with Crippen LogP contribution in [0.3, 0.4) is 0 Å². The number of nitrogens with zero attached hydrogens (tertiary/aromatic N) is 3. The zero-order valence-corrected chi connectivity index (χ0v) is 9.78. The van der Waals surface area contributed by atoms with Crippen LogP contribution >= 0.6 is 0 Å². The van der Waals surface area contributed by atoms with Gasteiger partial charge in [-0.2, -0.15) is 5.26 Å². The minimum absolute atomic E-state index is 0.152. The molecule has 0 saturated carbocycles. The lowest BCUT2D eigenvalue weighted by Crippen LogP contribution is -2.54. The molecule has 5 nitrogen and oxygen atoms in total. The van der Waals surface area contributed by atoms with Gasteiger partial charge in [-0.1, -0.05) is 0 Å². The van der Waals surface area contributed by atoms with Crippen LogP contribution in [-0.4, -0.2) is 29.3 Å². The third kappa shape index (κ3) is 1.41. The molecule has 0 spiro atoms. The van der Waals surface area contributed by atoms with E-state index in [1.165, 1.54) is 0 Å². The summed E-state index contributed by atoms with van der Waals surface area (Å²) in [7, 11) is 0. The third-order valence-electron chi connectivity index (χ3n) is 3.85. The molecule has 2 aliphatic rings. The number of aromatic nitrogens is 2. The van der Waals surface area contributed by atoms with Crippen LogP contribution in [0.25, 0.3) is 0 Å². The molecule has 0 amide bonds. The highest BCUT2D eigenvalue weighted by atomic mass is 16.5. The fourth-order valence-electron chi connectivity index (χ4n) is 2.72. The highest BCUT2D eigenvalue weighted by molar-refractivity contribution is 5.33. The number of hydrogen-bond acceptors (Lipinski definition) is 4. The van der Waals surface area contributed by atoms with E-state index in [2.05, 4.69) is 15.6 Å². The van der Waals surface area contributed by atoms with Crippen LogP contribution in [-0.2, 0) is 23.1 Å². The van der Waals surface area contributed by atoms with Crippen molar-refractivity contribution in [2.75, 3.05) is 19.8 Å². The van der Waals surface area contributed by atoms with Gasteiger partial charge in [0.2, 0.25) is 0 Å². The molecular formula is C12H16N4O. The summed E-state index contributed by atoms with van der Waals surface area (Å²) in [5.41, 5.74) is 7.39. The zero-order valence-electron chi connectivity index (χ0n) is 9.78. The van der Waals surface area contributed by atoms with E-state index in [1.54, 1.807) is 0 Å². The van der Waals surface area contributed by atoms with Gasteiger partial charge in [0.05, 0.1) is 24.3 Å². The van der Waals surface area contributed by atoms with Crippen molar-refractivity contribution < 1.29 is 4.74 Å². The van der Waals surface area contributed by atoms with Gasteiger partial charge in [-0.15, -0.1) is 0 Å². The SMILES string of the molecule is N#Cc1nc(C2(CN)COC2)n2c1CCCC2. The van der Waals surface area contributed by atoms with E-state index in [4.69, 9.17) is 15.7 Å². The Hall–Kier alpha value is -1.38. The molecule has 0 unspecified atom stereocenters. The molecule has 1 fully saturated rings.